The monoisotopic (exact) mass is 248 g/mol. The van der Waals surface area contributed by atoms with Crippen molar-refractivity contribution in [3.05, 3.63) is 29.3 Å². The highest BCUT2D eigenvalue weighted by atomic mass is 35.7. The van der Waals surface area contributed by atoms with Gasteiger partial charge in [0, 0.05) is 10.7 Å². The fraction of sp³-hybridized carbons (Fsp3) is 0.222. The number of aryl methyl sites for hydroxylation is 1. The largest absolute Gasteiger partial charge is 0.465 e. The highest BCUT2D eigenvalue weighted by molar-refractivity contribution is 8.13. The SMILES string of the molecule is COC(=O)c1cccc(C)c1S(=O)(=O)Cl. The molecule has 1 aromatic rings. The summed E-state index contributed by atoms with van der Waals surface area (Å²) in [6.07, 6.45) is 0. The Kier molecular flexibility index (Phi) is 3.36. The van der Waals surface area contributed by atoms with Crippen molar-refractivity contribution in [2.24, 2.45) is 0 Å². The summed E-state index contributed by atoms with van der Waals surface area (Å²) in [4.78, 5) is 11.1. The normalized spacial score (nSPS) is 11.1. The molecule has 82 valence electrons. The van der Waals surface area contributed by atoms with Crippen LogP contribution in [0.1, 0.15) is 15.9 Å². The van der Waals surface area contributed by atoms with Gasteiger partial charge in [-0.1, -0.05) is 12.1 Å². The van der Waals surface area contributed by atoms with E-state index >= 15 is 0 Å². The quantitative estimate of drug-likeness (QED) is 0.591. The standard InChI is InChI=1S/C9H9ClO4S/c1-6-4-3-5-7(9(11)14-2)8(6)15(10,12)13/h3-5H,1-2H3. The zero-order valence-electron chi connectivity index (χ0n) is 8.15. The van der Waals surface area contributed by atoms with Crippen LogP contribution in [0, 0.1) is 6.92 Å². The van der Waals surface area contributed by atoms with Gasteiger partial charge in [0.1, 0.15) is 0 Å². The van der Waals surface area contributed by atoms with Crippen LogP contribution in [0.15, 0.2) is 23.1 Å². The van der Waals surface area contributed by atoms with Crippen molar-refractivity contribution in [1.82, 2.24) is 0 Å². The first-order valence-electron chi connectivity index (χ1n) is 4.00. The van der Waals surface area contributed by atoms with Crippen molar-refractivity contribution in [2.45, 2.75) is 11.8 Å². The minimum absolute atomic E-state index is 0.0486. The van der Waals surface area contributed by atoms with E-state index in [0.717, 1.165) is 0 Å². The molecule has 0 aliphatic rings. The molecule has 0 spiro atoms. The third-order valence-corrected chi connectivity index (χ3v) is 3.35. The van der Waals surface area contributed by atoms with E-state index in [9.17, 15) is 13.2 Å². The van der Waals surface area contributed by atoms with Gasteiger partial charge in [-0.05, 0) is 18.6 Å². The van der Waals surface area contributed by atoms with Crippen LogP contribution in [0.25, 0.3) is 0 Å². The Hall–Kier alpha value is -1.07. The second kappa shape index (κ2) is 4.20. The van der Waals surface area contributed by atoms with Crippen molar-refractivity contribution < 1.29 is 17.9 Å². The number of benzene rings is 1. The zero-order valence-corrected chi connectivity index (χ0v) is 9.72. The molecule has 0 aliphatic heterocycles. The molecule has 0 aromatic heterocycles. The number of hydrogen-bond donors (Lipinski definition) is 0. The average molecular weight is 249 g/mol. The molecular formula is C9H9ClO4S. The van der Waals surface area contributed by atoms with E-state index in [-0.39, 0.29) is 10.5 Å². The first-order valence-corrected chi connectivity index (χ1v) is 6.31. The topological polar surface area (TPSA) is 60.4 Å². The number of rotatable bonds is 2. The third kappa shape index (κ3) is 2.49. The summed E-state index contributed by atoms with van der Waals surface area (Å²) in [5, 5.41) is 0. The first-order chi connectivity index (χ1) is 6.88. The second-order valence-corrected chi connectivity index (χ2v) is 5.38. The molecule has 1 aromatic carbocycles. The van der Waals surface area contributed by atoms with Crippen molar-refractivity contribution in [1.29, 1.82) is 0 Å². The molecule has 0 saturated heterocycles. The number of halogens is 1. The number of methoxy groups -OCH3 is 1. The Bertz CT molecular complexity index is 493. The van der Waals surface area contributed by atoms with Gasteiger partial charge >= 0.3 is 5.97 Å². The van der Waals surface area contributed by atoms with Crippen LogP contribution in [0.5, 0.6) is 0 Å². The van der Waals surface area contributed by atoms with Crippen molar-refractivity contribution in [3.63, 3.8) is 0 Å². The van der Waals surface area contributed by atoms with Gasteiger partial charge in [0.2, 0.25) is 0 Å². The number of ether oxygens (including phenoxy) is 1. The van der Waals surface area contributed by atoms with E-state index in [2.05, 4.69) is 4.74 Å². The molecule has 0 bridgehead atoms. The van der Waals surface area contributed by atoms with E-state index in [1.54, 1.807) is 19.1 Å². The Morgan fingerprint density at radius 2 is 2.00 bits per heavy atom. The van der Waals surface area contributed by atoms with Crippen LogP contribution in [-0.2, 0) is 13.8 Å². The Morgan fingerprint density at radius 3 is 2.47 bits per heavy atom. The summed E-state index contributed by atoms with van der Waals surface area (Å²) in [7, 11) is 2.46. The third-order valence-electron chi connectivity index (χ3n) is 1.86. The number of esters is 1. The van der Waals surface area contributed by atoms with Crippen molar-refractivity contribution in [2.75, 3.05) is 7.11 Å². The fourth-order valence-electron chi connectivity index (χ4n) is 1.25. The van der Waals surface area contributed by atoms with Gasteiger partial charge in [0.25, 0.3) is 9.05 Å². The van der Waals surface area contributed by atoms with Gasteiger partial charge in [0.15, 0.2) is 0 Å². The maximum Gasteiger partial charge on any atom is 0.339 e. The summed E-state index contributed by atoms with van der Waals surface area (Å²) in [6, 6.07) is 4.48. The summed E-state index contributed by atoms with van der Waals surface area (Å²) in [5.74, 6) is -0.724. The zero-order chi connectivity index (χ0) is 11.6. The molecule has 0 saturated carbocycles. The predicted molar refractivity (Wildman–Crippen MR) is 55.6 cm³/mol. The number of carbonyl (C=O) groups is 1. The Labute approximate surface area is 92.2 Å². The maximum atomic E-state index is 11.3. The smallest absolute Gasteiger partial charge is 0.339 e. The lowest BCUT2D eigenvalue weighted by Gasteiger charge is -2.07. The van der Waals surface area contributed by atoms with Crippen LogP contribution in [0.3, 0.4) is 0 Å². The van der Waals surface area contributed by atoms with E-state index in [1.807, 2.05) is 0 Å². The van der Waals surface area contributed by atoms with Crippen molar-refractivity contribution >= 4 is 25.7 Å². The summed E-state index contributed by atoms with van der Waals surface area (Å²) >= 11 is 0. The first kappa shape index (κ1) is 12.0. The predicted octanol–water partition coefficient (Wildman–Crippen LogP) is 1.71. The van der Waals surface area contributed by atoms with E-state index in [4.69, 9.17) is 10.7 Å². The van der Waals surface area contributed by atoms with Gasteiger partial charge in [-0.25, -0.2) is 13.2 Å². The Morgan fingerprint density at radius 1 is 1.40 bits per heavy atom. The van der Waals surface area contributed by atoms with Crippen molar-refractivity contribution in [3.8, 4) is 0 Å². The van der Waals surface area contributed by atoms with Gasteiger partial charge < -0.3 is 4.74 Å². The molecule has 0 fully saturated rings. The molecule has 15 heavy (non-hydrogen) atoms. The van der Waals surface area contributed by atoms with Gasteiger partial charge in [-0.15, -0.1) is 0 Å². The summed E-state index contributed by atoms with van der Waals surface area (Å²) < 4.78 is 27.0. The minimum Gasteiger partial charge on any atom is -0.465 e. The molecular weight excluding hydrogens is 240 g/mol. The maximum absolute atomic E-state index is 11.3. The number of hydrogen-bond acceptors (Lipinski definition) is 4. The molecule has 0 heterocycles. The lowest BCUT2D eigenvalue weighted by molar-refractivity contribution is 0.0596. The molecule has 1 rings (SSSR count). The average Bonchev–Trinajstić information content (AvgIpc) is 2.14. The summed E-state index contributed by atoms with van der Waals surface area (Å²) in [6.45, 7) is 1.56. The molecule has 0 amide bonds. The fourth-order valence-corrected chi connectivity index (χ4v) is 2.73. The number of carbonyl (C=O) groups excluding carboxylic acids is 1. The summed E-state index contributed by atoms with van der Waals surface area (Å²) in [5.41, 5.74) is 0.361. The lowest BCUT2D eigenvalue weighted by atomic mass is 10.1. The van der Waals surface area contributed by atoms with E-state index in [1.165, 1.54) is 13.2 Å². The highest BCUT2D eigenvalue weighted by Gasteiger charge is 2.22. The van der Waals surface area contributed by atoms with Crippen LogP contribution in [-0.4, -0.2) is 21.5 Å². The highest BCUT2D eigenvalue weighted by Crippen LogP contribution is 2.24. The molecule has 0 unspecified atom stereocenters. The molecule has 0 radical (unpaired) electrons. The van der Waals surface area contributed by atoms with Gasteiger partial charge in [-0.3, -0.25) is 0 Å². The molecule has 6 heteroatoms. The molecule has 0 N–H and O–H groups in total. The van der Waals surface area contributed by atoms with Crippen LogP contribution >= 0.6 is 10.7 Å². The van der Waals surface area contributed by atoms with Gasteiger partial charge in [0.05, 0.1) is 17.6 Å². The molecule has 0 aliphatic carbocycles. The Balaban J connectivity index is 3.54. The second-order valence-electron chi connectivity index (χ2n) is 2.88. The van der Waals surface area contributed by atoms with E-state index in [0.29, 0.717) is 5.56 Å². The van der Waals surface area contributed by atoms with Crippen LogP contribution < -0.4 is 0 Å². The van der Waals surface area contributed by atoms with Gasteiger partial charge in [-0.2, -0.15) is 0 Å². The van der Waals surface area contributed by atoms with E-state index < -0.39 is 15.0 Å². The van der Waals surface area contributed by atoms with Crippen LogP contribution in [0.4, 0.5) is 0 Å². The lowest BCUT2D eigenvalue weighted by Crippen LogP contribution is -2.08. The minimum atomic E-state index is -3.95. The molecule has 4 nitrogen and oxygen atoms in total. The van der Waals surface area contributed by atoms with Crippen LogP contribution in [0.2, 0.25) is 0 Å². The molecule has 0 atom stereocenters.